The number of carbonyl (C=O) groups is 1. The maximum absolute atomic E-state index is 12.1. The van der Waals surface area contributed by atoms with Gasteiger partial charge in [0.2, 0.25) is 5.89 Å². The molecule has 140 valence electrons. The van der Waals surface area contributed by atoms with E-state index in [2.05, 4.69) is 15.1 Å². The van der Waals surface area contributed by atoms with Crippen LogP contribution in [0.4, 0.5) is 0 Å². The van der Waals surface area contributed by atoms with Crippen LogP contribution in [0.15, 0.2) is 39.9 Å². The Hall–Kier alpha value is -2.75. The summed E-state index contributed by atoms with van der Waals surface area (Å²) in [6.07, 6.45) is 0.377. The van der Waals surface area contributed by atoms with Gasteiger partial charge >= 0.3 is 0 Å². The zero-order chi connectivity index (χ0) is 19.6. The third kappa shape index (κ3) is 4.33. The van der Waals surface area contributed by atoms with Crippen LogP contribution in [0, 0.1) is 0 Å². The first-order valence-corrected chi connectivity index (χ1v) is 8.40. The Balaban J connectivity index is 1.73. The van der Waals surface area contributed by atoms with Crippen LogP contribution in [0.3, 0.4) is 0 Å². The first-order chi connectivity index (χ1) is 12.8. The largest absolute Gasteiger partial charge is 0.388 e. The number of nitrogens with two attached hydrogens (primary N) is 1. The molecule has 1 unspecified atom stereocenters. The van der Waals surface area contributed by atoms with Crippen LogP contribution in [-0.4, -0.2) is 30.7 Å². The number of hydrogen-bond acceptors (Lipinski definition) is 7. The summed E-state index contributed by atoms with van der Waals surface area (Å²) in [5.41, 5.74) is 4.76. The molecule has 1 amide bonds. The predicted octanol–water partition coefficient (Wildman–Crippen LogP) is 1.36. The molecule has 0 radical (unpaired) electrons. The SMILES string of the molecule is NC(=O)c1ncn(Cc2nc(CC(O)c3ccc(Cl)cc3)no2)c(=O)c1Cl. The van der Waals surface area contributed by atoms with E-state index in [1.54, 1.807) is 24.3 Å². The summed E-state index contributed by atoms with van der Waals surface area (Å²) >= 11 is 11.6. The second kappa shape index (κ2) is 7.87. The molecule has 0 aliphatic rings. The minimum Gasteiger partial charge on any atom is -0.388 e. The number of halogens is 2. The second-order valence-corrected chi connectivity index (χ2v) is 6.39. The normalized spacial score (nSPS) is 12.1. The maximum atomic E-state index is 12.1. The quantitative estimate of drug-likeness (QED) is 0.626. The van der Waals surface area contributed by atoms with Crippen LogP contribution >= 0.6 is 23.2 Å². The molecule has 0 saturated heterocycles. The molecule has 3 N–H and O–H groups in total. The smallest absolute Gasteiger partial charge is 0.273 e. The maximum Gasteiger partial charge on any atom is 0.273 e. The number of benzene rings is 1. The number of aliphatic hydroxyl groups excluding tert-OH is 1. The Bertz CT molecular complexity index is 1030. The molecule has 9 nitrogen and oxygen atoms in total. The van der Waals surface area contributed by atoms with Crippen molar-refractivity contribution in [3.8, 4) is 0 Å². The highest BCUT2D eigenvalue weighted by atomic mass is 35.5. The first-order valence-electron chi connectivity index (χ1n) is 7.65. The molecule has 2 aromatic heterocycles. The molecule has 3 aromatic rings. The van der Waals surface area contributed by atoms with Crippen LogP contribution in [0.1, 0.15) is 33.9 Å². The number of rotatable bonds is 6. The van der Waals surface area contributed by atoms with Gasteiger partial charge in [-0.2, -0.15) is 4.98 Å². The molecule has 27 heavy (non-hydrogen) atoms. The van der Waals surface area contributed by atoms with E-state index in [4.69, 9.17) is 33.5 Å². The lowest BCUT2D eigenvalue weighted by molar-refractivity contribution is 0.0995. The molecule has 2 heterocycles. The van der Waals surface area contributed by atoms with E-state index in [9.17, 15) is 14.7 Å². The number of primary amides is 1. The summed E-state index contributed by atoms with van der Waals surface area (Å²) < 4.78 is 6.18. The van der Waals surface area contributed by atoms with Gasteiger partial charge in [-0.05, 0) is 17.7 Å². The van der Waals surface area contributed by atoms with Gasteiger partial charge in [-0.1, -0.05) is 40.5 Å². The highest BCUT2D eigenvalue weighted by Gasteiger charge is 2.17. The van der Waals surface area contributed by atoms with Crippen LogP contribution in [0.2, 0.25) is 10.0 Å². The third-order valence-electron chi connectivity index (χ3n) is 3.66. The van der Waals surface area contributed by atoms with Gasteiger partial charge in [-0.25, -0.2) is 4.98 Å². The Kier molecular flexibility index (Phi) is 5.54. The minimum atomic E-state index is -0.902. The van der Waals surface area contributed by atoms with Gasteiger partial charge in [-0.15, -0.1) is 0 Å². The molecule has 0 spiro atoms. The zero-order valence-corrected chi connectivity index (χ0v) is 15.2. The Labute approximate surface area is 162 Å². The van der Waals surface area contributed by atoms with Crippen molar-refractivity contribution < 1.29 is 14.4 Å². The van der Waals surface area contributed by atoms with E-state index in [-0.39, 0.29) is 35.4 Å². The van der Waals surface area contributed by atoms with E-state index in [1.165, 1.54) is 0 Å². The van der Waals surface area contributed by atoms with Crippen molar-refractivity contribution in [3.63, 3.8) is 0 Å². The summed E-state index contributed by atoms with van der Waals surface area (Å²) in [5, 5.41) is 14.2. The predicted molar refractivity (Wildman–Crippen MR) is 95.5 cm³/mol. The van der Waals surface area contributed by atoms with E-state index in [0.29, 0.717) is 10.6 Å². The van der Waals surface area contributed by atoms with Crippen LogP contribution in [-0.2, 0) is 13.0 Å². The Morgan fingerprint density at radius 2 is 2.00 bits per heavy atom. The van der Waals surface area contributed by atoms with Crippen molar-refractivity contribution in [2.75, 3.05) is 0 Å². The summed E-state index contributed by atoms with van der Waals surface area (Å²) in [6.45, 7) is -0.103. The number of amides is 1. The summed E-state index contributed by atoms with van der Waals surface area (Å²) in [5.74, 6) is -0.533. The van der Waals surface area contributed by atoms with Gasteiger partial charge in [-0.3, -0.25) is 14.2 Å². The molecule has 0 bridgehead atoms. The van der Waals surface area contributed by atoms with Gasteiger partial charge in [0.15, 0.2) is 11.5 Å². The van der Waals surface area contributed by atoms with E-state index >= 15 is 0 Å². The third-order valence-corrected chi connectivity index (χ3v) is 4.26. The fourth-order valence-corrected chi connectivity index (χ4v) is 2.68. The molecule has 1 aromatic carbocycles. The van der Waals surface area contributed by atoms with Gasteiger partial charge in [0, 0.05) is 11.4 Å². The van der Waals surface area contributed by atoms with E-state index < -0.39 is 17.6 Å². The van der Waals surface area contributed by atoms with Crippen molar-refractivity contribution in [2.24, 2.45) is 5.73 Å². The molecular formula is C16H13Cl2N5O4. The molecule has 0 fully saturated rings. The molecule has 1 atom stereocenters. The number of carbonyl (C=O) groups excluding carboxylic acids is 1. The molecular weight excluding hydrogens is 397 g/mol. The number of hydrogen-bond donors (Lipinski definition) is 2. The van der Waals surface area contributed by atoms with Gasteiger partial charge in [0.05, 0.1) is 12.4 Å². The summed E-state index contributed by atoms with van der Waals surface area (Å²) in [7, 11) is 0. The minimum absolute atomic E-state index is 0.103. The Morgan fingerprint density at radius 1 is 1.30 bits per heavy atom. The van der Waals surface area contributed by atoms with Crippen molar-refractivity contribution in [1.82, 2.24) is 19.7 Å². The monoisotopic (exact) mass is 409 g/mol. The fraction of sp³-hybridized carbons (Fsp3) is 0.188. The van der Waals surface area contributed by atoms with Gasteiger partial charge in [0.1, 0.15) is 11.6 Å². The number of aliphatic hydroxyl groups is 1. The lowest BCUT2D eigenvalue weighted by atomic mass is 10.1. The summed E-state index contributed by atoms with van der Waals surface area (Å²) in [6, 6.07) is 6.73. The van der Waals surface area contributed by atoms with E-state index in [0.717, 1.165) is 10.9 Å². The van der Waals surface area contributed by atoms with E-state index in [1.807, 2.05) is 0 Å². The van der Waals surface area contributed by atoms with Crippen molar-refractivity contribution in [2.45, 2.75) is 19.1 Å². The molecule has 11 heteroatoms. The van der Waals surface area contributed by atoms with Crippen molar-refractivity contribution in [1.29, 1.82) is 0 Å². The molecule has 0 aliphatic carbocycles. The molecule has 0 aliphatic heterocycles. The average molecular weight is 410 g/mol. The van der Waals surface area contributed by atoms with Gasteiger partial charge < -0.3 is 15.4 Å². The lowest BCUT2D eigenvalue weighted by Crippen LogP contribution is -2.26. The number of aromatic nitrogens is 4. The van der Waals surface area contributed by atoms with Crippen molar-refractivity contribution >= 4 is 29.1 Å². The topological polar surface area (TPSA) is 137 Å². The van der Waals surface area contributed by atoms with Crippen LogP contribution < -0.4 is 11.3 Å². The average Bonchev–Trinajstić information content (AvgIpc) is 3.06. The standard InChI is InChI=1S/C16H13Cl2N5O4/c17-9-3-1-8(2-4-9)10(24)5-11-21-12(27-22-11)6-23-7-20-14(15(19)25)13(18)16(23)26/h1-4,7,10,24H,5-6H2,(H2,19,25). The van der Waals surface area contributed by atoms with Crippen LogP contribution in [0.25, 0.3) is 0 Å². The highest BCUT2D eigenvalue weighted by Crippen LogP contribution is 2.19. The second-order valence-electron chi connectivity index (χ2n) is 5.58. The number of nitrogens with zero attached hydrogens (tertiary/aromatic N) is 4. The molecule has 3 rings (SSSR count). The lowest BCUT2D eigenvalue weighted by Gasteiger charge is -2.08. The summed E-state index contributed by atoms with van der Waals surface area (Å²) in [4.78, 5) is 31.2. The zero-order valence-electron chi connectivity index (χ0n) is 13.7. The molecule has 0 saturated carbocycles. The van der Waals surface area contributed by atoms with Gasteiger partial charge in [0.25, 0.3) is 11.5 Å². The fourth-order valence-electron chi connectivity index (χ4n) is 2.31. The van der Waals surface area contributed by atoms with Crippen molar-refractivity contribution in [3.05, 3.63) is 74.0 Å². The first kappa shape index (κ1) is 19.0. The Morgan fingerprint density at radius 3 is 2.67 bits per heavy atom. The van der Waals surface area contributed by atoms with Crippen LogP contribution in [0.5, 0.6) is 0 Å². The highest BCUT2D eigenvalue weighted by molar-refractivity contribution is 6.33.